The van der Waals surface area contributed by atoms with Crippen LogP contribution in [0.25, 0.3) is 0 Å². The molecule has 20 heavy (non-hydrogen) atoms. The Hall–Kier alpha value is -1.86. The highest BCUT2D eigenvalue weighted by Gasteiger charge is 2.25. The molecule has 0 saturated carbocycles. The summed E-state index contributed by atoms with van der Waals surface area (Å²) >= 11 is 0. The number of urea groups is 1. The average molecular weight is 281 g/mol. The molecule has 1 fully saturated rings. The number of amides is 3. The number of rotatable bonds is 5. The van der Waals surface area contributed by atoms with Gasteiger partial charge < -0.3 is 14.8 Å². The fraction of sp³-hybridized carbons (Fsp3) is 0.538. The molecular weight excluding hydrogens is 262 g/mol. The largest absolute Gasteiger partial charge is 0.467 e. The van der Waals surface area contributed by atoms with Gasteiger partial charge in [-0.05, 0) is 31.5 Å². The van der Waals surface area contributed by atoms with Crippen molar-refractivity contribution in [1.82, 2.24) is 15.5 Å². The quantitative estimate of drug-likeness (QED) is 0.709. The van der Waals surface area contributed by atoms with Crippen molar-refractivity contribution in [3.8, 4) is 0 Å². The smallest absolute Gasteiger partial charge is 0.321 e. The van der Waals surface area contributed by atoms with Gasteiger partial charge in [-0.15, -0.1) is 0 Å². The summed E-state index contributed by atoms with van der Waals surface area (Å²) in [5.74, 6) is 0.245. The van der Waals surface area contributed by atoms with Gasteiger partial charge >= 0.3 is 6.03 Å². The van der Waals surface area contributed by atoms with Crippen molar-refractivity contribution in [2.75, 3.05) is 19.7 Å². The summed E-state index contributed by atoms with van der Waals surface area (Å²) in [4.78, 5) is 25.1. The first-order chi connectivity index (χ1) is 9.69. The van der Waals surface area contributed by atoms with Crippen LogP contribution < -0.4 is 10.6 Å². The van der Waals surface area contributed by atoms with Crippen LogP contribution in [0.4, 0.5) is 4.79 Å². The molecule has 1 atom stereocenters. The molecule has 0 aromatic carbocycles. The predicted octanol–water partition coefficient (Wildman–Crippen LogP) is 0.0621. The van der Waals surface area contributed by atoms with Gasteiger partial charge in [-0.3, -0.25) is 15.0 Å². The SMILES string of the molecule is O=C(CN1CCC[C@@H]1CO)NC(=O)NCc1ccco1. The number of nitrogens with zero attached hydrogens (tertiary/aromatic N) is 1. The van der Waals surface area contributed by atoms with E-state index in [0.717, 1.165) is 19.4 Å². The van der Waals surface area contributed by atoms with Crippen molar-refractivity contribution >= 4 is 11.9 Å². The summed E-state index contributed by atoms with van der Waals surface area (Å²) in [7, 11) is 0. The van der Waals surface area contributed by atoms with E-state index in [-0.39, 0.29) is 31.6 Å². The Morgan fingerprint density at radius 2 is 2.35 bits per heavy atom. The van der Waals surface area contributed by atoms with Gasteiger partial charge in [0.25, 0.3) is 0 Å². The lowest BCUT2D eigenvalue weighted by molar-refractivity contribution is -0.121. The van der Waals surface area contributed by atoms with E-state index >= 15 is 0 Å². The Bertz CT molecular complexity index is 446. The van der Waals surface area contributed by atoms with Gasteiger partial charge in [0, 0.05) is 6.04 Å². The van der Waals surface area contributed by atoms with Crippen molar-refractivity contribution < 1.29 is 19.1 Å². The molecule has 0 aliphatic carbocycles. The first-order valence-corrected chi connectivity index (χ1v) is 6.64. The Labute approximate surface area is 116 Å². The minimum atomic E-state index is -0.550. The van der Waals surface area contributed by atoms with Gasteiger partial charge in [-0.2, -0.15) is 0 Å². The lowest BCUT2D eigenvalue weighted by atomic mass is 10.2. The van der Waals surface area contributed by atoms with Gasteiger partial charge in [-0.25, -0.2) is 4.79 Å². The topological polar surface area (TPSA) is 94.8 Å². The lowest BCUT2D eigenvalue weighted by Crippen LogP contribution is -2.46. The van der Waals surface area contributed by atoms with Gasteiger partial charge in [0.05, 0.1) is 26.0 Å². The molecule has 0 unspecified atom stereocenters. The van der Waals surface area contributed by atoms with Gasteiger partial charge in [0.15, 0.2) is 0 Å². The highest BCUT2D eigenvalue weighted by atomic mass is 16.3. The number of aliphatic hydroxyl groups excluding tert-OH is 1. The van der Waals surface area contributed by atoms with Gasteiger partial charge in [-0.1, -0.05) is 0 Å². The summed E-state index contributed by atoms with van der Waals surface area (Å²) in [5, 5.41) is 14.0. The van der Waals surface area contributed by atoms with E-state index in [0.29, 0.717) is 5.76 Å². The molecule has 1 aliphatic rings. The summed E-state index contributed by atoms with van der Waals surface area (Å²) < 4.78 is 5.06. The number of nitrogens with one attached hydrogen (secondary N) is 2. The second-order valence-electron chi connectivity index (χ2n) is 4.76. The van der Waals surface area contributed by atoms with Crippen LogP contribution in [0.15, 0.2) is 22.8 Å². The fourth-order valence-electron chi connectivity index (χ4n) is 2.29. The number of carbonyl (C=O) groups excluding carboxylic acids is 2. The molecule has 0 radical (unpaired) electrons. The van der Waals surface area contributed by atoms with Crippen LogP contribution in [-0.2, 0) is 11.3 Å². The molecular formula is C13H19N3O4. The molecule has 0 spiro atoms. The molecule has 7 heteroatoms. The van der Waals surface area contributed by atoms with Crippen LogP contribution in [-0.4, -0.2) is 47.7 Å². The zero-order chi connectivity index (χ0) is 14.4. The predicted molar refractivity (Wildman–Crippen MR) is 70.8 cm³/mol. The normalized spacial score (nSPS) is 18.9. The van der Waals surface area contributed by atoms with Crippen LogP contribution >= 0.6 is 0 Å². The molecule has 2 heterocycles. The van der Waals surface area contributed by atoms with Crippen molar-refractivity contribution in [3.63, 3.8) is 0 Å². The third kappa shape index (κ3) is 4.07. The molecule has 0 bridgehead atoms. The zero-order valence-corrected chi connectivity index (χ0v) is 11.2. The molecule has 1 aromatic rings. The van der Waals surface area contributed by atoms with Crippen molar-refractivity contribution in [3.05, 3.63) is 24.2 Å². The summed E-state index contributed by atoms with van der Waals surface area (Å²) in [6.07, 6.45) is 3.36. The monoisotopic (exact) mass is 281 g/mol. The average Bonchev–Trinajstić information content (AvgIpc) is 3.06. The Balaban J connectivity index is 1.69. The van der Waals surface area contributed by atoms with Crippen LogP contribution in [0.1, 0.15) is 18.6 Å². The molecule has 3 N–H and O–H groups in total. The Morgan fingerprint density at radius 3 is 3.05 bits per heavy atom. The molecule has 7 nitrogen and oxygen atoms in total. The third-order valence-corrected chi connectivity index (χ3v) is 3.31. The second-order valence-corrected chi connectivity index (χ2v) is 4.76. The number of hydrogen-bond donors (Lipinski definition) is 3. The van der Waals surface area contributed by atoms with E-state index in [2.05, 4.69) is 10.6 Å². The standard InChI is InChI=1S/C13H19N3O4/c17-9-10-3-1-5-16(10)8-12(18)15-13(19)14-7-11-4-2-6-20-11/h2,4,6,10,17H,1,3,5,7-9H2,(H2,14,15,18,19)/t10-/m1/s1. The minimum absolute atomic E-state index is 0.0203. The van der Waals surface area contributed by atoms with Crippen molar-refractivity contribution in [2.45, 2.75) is 25.4 Å². The maximum atomic E-state index is 11.7. The van der Waals surface area contributed by atoms with E-state index in [1.165, 1.54) is 6.26 Å². The first kappa shape index (κ1) is 14.5. The summed E-state index contributed by atoms with van der Waals surface area (Å²) in [6.45, 7) is 1.17. The van der Waals surface area contributed by atoms with E-state index in [9.17, 15) is 9.59 Å². The fourth-order valence-corrected chi connectivity index (χ4v) is 2.29. The molecule has 1 saturated heterocycles. The number of aliphatic hydroxyl groups is 1. The maximum Gasteiger partial charge on any atom is 0.321 e. The second kappa shape index (κ2) is 7.06. The van der Waals surface area contributed by atoms with E-state index < -0.39 is 6.03 Å². The molecule has 1 aromatic heterocycles. The Morgan fingerprint density at radius 1 is 1.50 bits per heavy atom. The van der Waals surface area contributed by atoms with Crippen molar-refractivity contribution in [2.24, 2.45) is 0 Å². The number of hydrogen-bond acceptors (Lipinski definition) is 5. The molecule has 2 rings (SSSR count). The van der Waals surface area contributed by atoms with Gasteiger partial charge in [0.1, 0.15) is 5.76 Å². The number of imide groups is 1. The van der Waals surface area contributed by atoms with Crippen LogP contribution in [0.3, 0.4) is 0 Å². The number of carbonyl (C=O) groups is 2. The minimum Gasteiger partial charge on any atom is -0.467 e. The molecule has 110 valence electrons. The van der Waals surface area contributed by atoms with Gasteiger partial charge in [0.2, 0.25) is 5.91 Å². The van der Waals surface area contributed by atoms with Crippen LogP contribution in [0.5, 0.6) is 0 Å². The lowest BCUT2D eigenvalue weighted by Gasteiger charge is -2.21. The van der Waals surface area contributed by atoms with Crippen LogP contribution in [0, 0.1) is 0 Å². The van der Waals surface area contributed by atoms with Crippen LogP contribution in [0.2, 0.25) is 0 Å². The van der Waals surface area contributed by atoms with Crippen molar-refractivity contribution in [1.29, 1.82) is 0 Å². The van der Waals surface area contributed by atoms with E-state index in [4.69, 9.17) is 9.52 Å². The first-order valence-electron chi connectivity index (χ1n) is 6.64. The zero-order valence-electron chi connectivity index (χ0n) is 11.2. The highest BCUT2D eigenvalue weighted by molar-refractivity contribution is 5.95. The Kier molecular flexibility index (Phi) is 5.14. The maximum absolute atomic E-state index is 11.7. The summed E-state index contributed by atoms with van der Waals surface area (Å²) in [5.41, 5.74) is 0. The highest BCUT2D eigenvalue weighted by Crippen LogP contribution is 2.15. The molecule has 3 amide bonds. The number of likely N-dealkylation sites (tertiary alicyclic amines) is 1. The van der Waals surface area contributed by atoms with E-state index in [1.807, 2.05) is 4.90 Å². The summed E-state index contributed by atoms with van der Waals surface area (Å²) in [6, 6.07) is 2.93. The number of furan rings is 1. The molecule has 1 aliphatic heterocycles. The van der Waals surface area contributed by atoms with E-state index in [1.54, 1.807) is 12.1 Å². The third-order valence-electron chi connectivity index (χ3n) is 3.31.